The Bertz CT molecular complexity index is 1030. The maximum absolute atomic E-state index is 12.6. The van der Waals surface area contributed by atoms with Crippen molar-refractivity contribution in [3.05, 3.63) is 52.0 Å². The van der Waals surface area contributed by atoms with Gasteiger partial charge in [0.25, 0.3) is 0 Å². The second kappa shape index (κ2) is 8.69. The quantitative estimate of drug-likeness (QED) is 0.716. The van der Waals surface area contributed by atoms with E-state index in [4.69, 9.17) is 32.7 Å². The Balaban J connectivity index is 1.75. The third kappa shape index (κ3) is 5.26. The predicted molar refractivity (Wildman–Crippen MR) is 113 cm³/mol. The number of nitrogens with zero attached hydrogens (tertiary/aromatic N) is 1. The summed E-state index contributed by atoms with van der Waals surface area (Å²) in [6.45, 7) is 2.33. The highest BCUT2D eigenvalue weighted by atomic mass is 35.5. The third-order valence-corrected chi connectivity index (χ3v) is 5.97. The summed E-state index contributed by atoms with van der Waals surface area (Å²) in [6, 6.07) is 9.42. The molecule has 3 rings (SSSR count). The number of hydrogen-bond acceptors (Lipinski definition) is 5. The fraction of sp³-hybridized carbons (Fsp3) is 0.316. The van der Waals surface area contributed by atoms with E-state index in [9.17, 15) is 13.2 Å². The average Bonchev–Trinajstić information content (AvgIpc) is 2.65. The number of carbonyl (C=O) groups is 1. The molecule has 1 amide bonds. The van der Waals surface area contributed by atoms with Crippen LogP contribution in [0.15, 0.2) is 36.4 Å². The van der Waals surface area contributed by atoms with E-state index in [0.717, 1.165) is 16.1 Å². The molecule has 1 atom stereocenters. The molecule has 0 spiro atoms. The zero-order valence-corrected chi connectivity index (χ0v) is 18.1. The number of halogens is 2. The molecule has 7 nitrogen and oxygen atoms in total. The Labute approximate surface area is 179 Å². The van der Waals surface area contributed by atoms with E-state index in [1.54, 1.807) is 19.1 Å². The lowest BCUT2D eigenvalue weighted by molar-refractivity contribution is -0.120. The van der Waals surface area contributed by atoms with Gasteiger partial charge in [-0.05, 0) is 42.8 Å². The molecule has 2 aromatic rings. The Morgan fingerprint density at radius 3 is 2.48 bits per heavy atom. The predicted octanol–water partition coefficient (Wildman–Crippen LogP) is 3.41. The molecule has 1 aliphatic heterocycles. The maximum Gasteiger partial charge on any atom is 0.241 e. The Morgan fingerprint density at radius 2 is 1.83 bits per heavy atom. The molecule has 0 bridgehead atoms. The summed E-state index contributed by atoms with van der Waals surface area (Å²) in [5.74, 6) is 0.781. The van der Waals surface area contributed by atoms with Gasteiger partial charge in [-0.1, -0.05) is 29.3 Å². The number of sulfonamides is 1. The summed E-state index contributed by atoms with van der Waals surface area (Å²) in [4.78, 5) is 12.6. The molecule has 1 heterocycles. The Morgan fingerprint density at radius 1 is 1.14 bits per heavy atom. The third-order valence-electron chi connectivity index (χ3n) is 4.31. The monoisotopic (exact) mass is 458 g/mol. The van der Waals surface area contributed by atoms with Crippen LogP contribution in [-0.4, -0.2) is 40.3 Å². The highest BCUT2D eigenvalue weighted by Crippen LogP contribution is 2.33. The molecule has 2 aromatic carbocycles. The number of nitrogens with one attached hydrogen (secondary N) is 1. The molecule has 1 unspecified atom stereocenters. The normalized spacial score (nSPS) is 14.2. The molecule has 10 heteroatoms. The van der Waals surface area contributed by atoms with Crippen LogP contribution in [0.2, 0.25) is 10.0 Å². The molecule has 1 N–H and O–H groups in total. The van der Waals surface area contributed by atoms with E-state index in [-0.39, 0.29) is 16.8 Å². The summed E-state index contributed by atoms with van der Waals surface area (Å²) in [7, 11) is -3.75. The van der Waals surface area contributed by atoms with Gasteiger partial charge in [-0.25, -0.2) is 8.42 Å². The van der Waals surface area contributed by atoms with Crippen molar-refractivity contribution in [1.82, 2.24) is 5.32 Å². The summed E-state index contributed by atoms with van der Waals surface area (Å²) in [5.41, 5.74) is 0.985. The SMILES string of the molecule is CC(NC(=O)CN(c1ccc(Cl)cc1Cl)S(C)(=O)=O)c1ccc2c(c1)OCCO2. The van der Waals surface area contributed by atoms with Gasteiger partial charge in [0, 0.05) is 5.02 Å². The second-order valence-corrected chi connectivity index (χ2v) is 9.31. The van der Waals surface area contributed by atoms with Crippen molar-refractivity contribution in [2.75, 3.05) is 30.3 Å². The van der Waals surface area contributed by atoms with Gasteiger partial charge in [-0.3, -0.25) is 9.10 Å². The number of fused-ring (bicyclic) bond motifs is 1. The van der Waals surface area contributed by atoms with E-state index in [2.05, 4.69) is 5.32 Å². The van der Waals surface area contributed by atoms with E-state index in [1.807, 2.05) is 6.07 Å². The van der Waals surface area contributed by atoms with Gasteiger partial charge < -0.3 is 14.8 Å². The number of amides is 1. The smallest absolute Gasteiger partial charge is 0.241 e. The minimum absolute atomic E-state index is 0.135. The first-order chi connectivity index (χ1) is 13.6. The van der Waals surface area contributed by atoms with Crippen molar-refractivity contribution in [3.63, 3.8) is 0 Å². The summed E-state index contributed by atoms with van der Waals surface area (Å²) in [5, 5.41) is 3.30. The minimum Gasteiger partial charge on any atom is -0.486 e. The molecular weight excluding hydrogens is 439 g/mol. The molecule has 29 heavy (non-hydrogen) atoms. The maximum atomic E-state index is 12.6. The second-order valence-electron chi connectivity index (χ2n) is 6.56. The van der Waals surface area contributed by atoms with Crippen LogP contribution in [0.25, 0.3) is 0 Å². The summed E-state index contributed by atoms with van der Waals surface area (Å²) >= 11 is 12.0. The van der Waals surface area contributed by atoms with Crippen molar-refractivity contribution in [1.29, 1.82) is 0 Å². The highest BCUT2D eigenvalue weighted by molar-refractivity contribution is 7.92. The molecule has 0 saturated heterocycles. The number of benzene rings is 2. The lowest BCUT2D eigenvalue weighted by Gasteiger charge is -2.25. The Kier molecular flexibility index (Phi) is 6.45. The van der Waals surface area contributed by atoms with Crippen LogP contribution in [0.5, 0.6) is 11.5 Å². The zero-order chi connectivity index (χ0) is 21.2. The molecule has 156 valence electrons. The van der Waals surface area contributed by atoms with E-state index < -0.39 is 22.5 Å². The van der Waals surface area contributed by atoms with Gasteiger partial charge in [0.1, 0.15) is 19.8 Å². The van der Waals surface area contributed by atoms with Crippen LogP contribution in [0.4, 0.5) is 5.69 Å². The first-order valence-corrected chi connectivity index (χ1v) is 11.4. The number of ether oxygens (including phenoxy) is 2. The van der Waals surface area contributed by atoms with Crippen molar-refractivity contribution >= 4 is 44.8 Å². The molecule has 0 radical (unpaired) electrons. The van der Waals surface area contributed by atoms with Crippen molar-refractivity contribution in [3.8, 4) is 11.5 Å². The van der Waals surface area contributed by atoms with Gasteiger partial charge in [0.05, 0.1) is 23.0 Å². The highest BCUT2D eigenvalue weighted by Gasteiger charge is 2.24. The van der Waals surface area contributed by atoms with Gasteiger partial charge in [0.2, 0.25) is 15.9 Å². The van der Waals surface area contributed by atoms with E-state index in [0.29, 0.717) is 29.7 Å². The molecular formula is C19H20Cl2N2O5S. The molecule has 0 saturated carbocycles. The van der Waals surface area contributed by atoms with Crippen molar-refractivity contribution in [2.45, 2.75) is 13.0 Å². The number of hydrogen-bond donors (Lipinski definition) is 1. The molecule has 0 fully saturated rings. The molecule has 1 aliphatic rings. The first kappa shape index (κ1) is 21.5. The minimum atomic E-state index is -3.75. The standard InChI is InChI=1S/C19H20Cl2N2O5S/c1-12(13-3-6-17-18(9-13)28-8-7-27-17)22-19(24)11-23(29(2,25)26)16-5-4-14(20)10-15(16)21/h3-6,9-10,12H,7-8,11H2,1-2H3,(H,22,24). The fourth-order valence-electron chi connectivity index (χ4n) is 2.89. The largest absolute Gasteiger partial charge is 0.486 e. The fourth-order valence-corrected chi connectivity index (χ4v) is 4.32. The van der Waals surface area contributed by atoms with Gasteiger partial charge in [-0.15, -0.1) is 0 Å². The zero-order valence-electron chi connectivity index (χ0n) is 15.8. The van der Waals surface area contributed by atoms with E-state index >= 15 is 0 Å². The number of carbonyl (C=O) groups excluding carboxylic acids is 1. The topological polar surface area (TPSA) is 84.9 Å². The van der Waals surface area contributed by atoms with Gasteiger partial charge in [0.15, 0.2) is 11.5 Å². The van der Waals surface area contributed by atoms with Crippen molar-refractivity contribution < 1.29 is 22.7 Å². The molecule has 0 aromatic heterocycles. The van der Waals surface area contributed by atoms with Crippen LogP contribution in [0, 0.1) is 0 Å². The van der Waals surface area contributed by atoms with Crippen LogP contribution in [-0.2, 0) is 14.8 Å². The average molecular weight is 459 g/mol. The van der Waals surface area contributed by atoms with Gasteiger partial charge >= 0.3 is 0 Å². The van der Waals surface area contributed by atoms with E-state index in [1.165, 1.54) is 18.2 Å². The number of anilines is 1. The first-order valence-electron chi connectivity index (χ1n) is 8.77. The lowest BCUT2D eigenvalue weighted by atomic mass is 10.1. The van der Waals surface area contributed by atoms with Crippen LogP contribution in [0.3, 0.4) is 0 Å². The Hall–Kier alpha value is -2.16. The number of rotatable bonds is 6. The lowest BCUT2D eigenvalue weighted by Crippen LogP contribution is -2.41. The van der Waals surface area contributed by atoms with Crippen LogP contribution >= 0.6 is 23.2 Å². The van der Waals surface area contributed by atoms with Crippen LogP contribution in [0.1, 0.15) is 18.5 Å². The summed E-state index contributed by atoms with van der Waals surface area (Å²) in [6.07, 6.45) is 1.01. The van der Waals surface area contributed by atoms with Crippen LogP contribution < -0.4 is 19.1 Å². The van der Waals surface area contributed by atoms with Gasteiger partial charge in [-0.2, -0.15) is 0 Å². The molecule has 0 aliphatic carbocycles. The van der Waals surface area contributed by atoms with Crippen molar-refractivity contribution in [2.24, 2.45) is 0 Å². The summed E-state index contributed by atoms with van der Waals surface area (Å²) < 4.78 is 36.5.